The number of aliphatic carboxylic acids is 1. The van der Waals surface area contributed by atoms with Gasteiger partial charge in [0.25, 0.3) is 0 Å². The van der Waals surface area contributed by atoms with Crippen LogP contribution in [0.5, 0.6) is 0 Å². The lowest BCUT2D eigenvalue weighted by Crippen LogP contribution is -2.53. The Bertz CT molecular complexity index is 292. The molecule has 1 saturated heterocycles. The summed E-state index contributed by atoms with van der Waals surface area (Å²) < 4.78 is 5.04. The highest BCUT2D eigenvalue weighted by atomic mass is 16.6. The number of hydrogen-bond donors (Lipinski definition) is 3. The van der Waals surface area contributed by atoms with Gasteiger partial charge >= 0.3 is 12.1 Å². The minimum atomic E-state index is -1.05. The van der Waals surface area contributed by atoms with E-state index in [1.54, 1.807) is 20.8 Å². The largest absolute Gasteiger partial charge is 0.480 e. The van der Waals surface area contributed by atoms with Gasteiger partial charge in [-0.05, 0) is 40.2 Å². The zero-order valence-electron chi connectivity index (χ0n) is 10.4. The van der Waals surface area contributed by atoms with Gasteiger partial charge in [-0.15, -0.1) is 0 Å². The van der Waals surface area contributed by atoms with Crippen molar-refractivity contribution in [2.24, 2.45) is 0 Å². The van der Waals surface area contributed by atoms with Gasteiger partial charge in [-0.2, -0.15) is 0 Å². The number of carbonyl (C=O) groups is 2. The molecule has 3 N–H and O–H groups in total. The molecular formula is C11H20N2O4. The summed E-state index contributed by atoms with van der Waals surface area (Å²) in [5, 5.41) is 14.5. The van der Waals surface area contributed by atoms with Crippen molar-refractivity contribution in [3.63, 3.8) is 0 Å². The second kappa shape index (κ2) is 5.35. The van der Waals surface area contributed by atoms with Crippen molar-refractivity contribution in [2.75, 3.05) is 6.54 Å². The van der Waals surface area contributed by atoms with Gasteiger partial charge in [-0.1, -0.05) is 0 Å². The van der Waals surface area contributed by atoms with Crippen LogP contribution in [0.4, 0.5) is 4.79 Å². The molecule has 98 valence electrons. The number of hydrogen-bond acceptors (Lipinski definition) is 4. The van der Waals surface area contributed by atoms with Crippen LogP contribution in [0, 0.1) is 0 Å². The molecule has 2 atom stereocenters. The first-order valence-corrected chi connectivity index (χ1v) is 5.75. The number of alkyl carbamates (subject to hydrolysis) is 1. The molecule has 0 spiro atoms. The van der Waals surface area contributed by atoms with Gasteiger partial charge in [-0.3, -0.25) is 0 Å². The van der Waals surface area contributed by atoms with Crippen molar-refractivity contribution in [1.29, 1.82) is 0 Å². The predicted octanol–water partition coefficient (Wildman–Crippen LogP) is 0.716. The van der Waals surface area contributed by atoms with Crippen molar-refractivity contribution in [1.82, 2.24) is 10.6 Å². The first-order valence-electron chi connectivity index (χ1n) is 5.75. The zero-order chi connectivity index (χ0) is 13.1. The van der Waals surface area contributed by atoms with Gasteiger partial charge in [0.15, 0.2) is 0 Å². The standard InChI is InChI=1S/C11H20N2O4/c1-11(2,3)17-10(16)13-8(9(14)15)7-5-4-6-12-7/h7-8,12H,4-6H2,1-3H3,(H,13,16)(H,14,15). The van der Waals surface area contributed by atoms with Crippen LogP contribution < -0.4 is 10.6 Å². The summed E-state index contributed by atoms with van der Waals surface area (Å²) in [7, 11) is 0. The van der Waals surface area contributed by atoms with Crippen molar-refractivity contribution in [2.45, 2.75) is 51.3 Å². The first kappa shape index (κ1) is 13.8. The smallest absolute Gasteiger partial charge is 0.408 e. The number of ether oxygens (including phenoxy) is 1. The molecule has 17 heavy (non-hydrogen) atoms. The van der Waals surface area contributed by atoms with Crippen molar-refractivity contribution < 1.29 is 19.4 Å². The summed E-state index contributed by atoms with van der Waals surface area (Å²) in [6.45, 7) is 5.98. The normalized spacial score (nSPS) is 21.9. The predicted molar refractivity (Wildman–Crippen MR) is 61.8 cm³/mol. The molecule has 0 aromatic carbocycles. The van der Waals surface area contributed by atoms with Gasteiger partial charge in [0.05, 0.1) is 0 Å². The lowest BCUT2D eigenvalue weighted by Gasteiger charge is -2.24. The zero-order valence-corrected chi connectivity index (χ0v) is 10.4. The van der Waals surface area contributed by atoms with E-state index < -0.39 is 23.7 Å². The highest BCUT2D eigenvalue weighted by Crippen LogP contribution is 2.11. The summed E-state index contributed by atoms with van der Waals surface area (Å²) in [4.78, 5) is 22.6. The number of carboxylic acids is 1. The van der Waals surface area contributed by atoms with E-state index in [2.05, 4.69) is 10.6 Å². The van der Waals surface area contributed by atoms with Crippen LogP contribution in [-0.4, -0.2) is 41.4 Å². The van der Waals surface area contributed by atoms with E-state index >= 15 is 0 Å². The van der Waals surface area contributed by atoms with Crippen molar-refractivity contribution >= 4 is 12.1 Å². The maximum absolute atomic E-state index is 11.5. The summed E-state index contributed by atoms with van der Waals surface area (Å²) in [6, 6.07) is -1.16. The number of nitrogens with one attached hydrogen (secondary N) is 2. The van der Waals surface area contributed by atoms with Crippen LogP contribution >= 0.6 is 0 Å². The number of carboxylic acid groups (broad SMARTS) is 1. The second-order valence-corrected chi connectivity index (χ2v) is 5.16. The van der Waals surface area contributed by atoms with Gasteiger partial charge in [0.1, 0.15) is 11.6 Å². The number of amides is 1. The van der Waals surface area contributed by atoms with E-state index in [9.17, 15) is 9.59 Å². The Morgan fingerprint density at radius 2 is 2.12 bits per heavy atom. The molecule has 0 aromatic rings. The lowest BCUT2D eigenvalue weighted by molar-refractivity contribution is -0.140. The molecule has 6 heteroatoms. The summed E-state index contributed by atoms with van der Waals surface area (Å²) in [5.41, 5.74) is -0.629. The van der Waals surface area contributed by atoms with Gasteiger partial charge < -0.3 is 20.5 Å². The van der Waals surface area contributed by atoms with Crippen molar-refractivity contribution in [3.8, 4) is 0 Å². The third-order valence-electron chi connectivity index (χ3n) is 2.44. The van der Waals surface area contributed by atoms with Crippen molar-refractivity contribution in [3.05, 3.63) is 0 Å². The van der Waals surface area contributed by atoms with Crippen LogP contribution in [0.1, 0.15) is 33.6 Å². The maximum Gasteiger partial charge on any atom is 0.408 e. The average molecular weight is 244 g/mol. The van der Waals surface area contributed by atoms with Crippen LogP contribution in [0.2, 0.25) is 0 Å². The van der Waals surface area contributed by atoms with E-state index in [1.807, 2.05) is 0 Å². The molecular weight excluding hydrogens is 224 g/mol. The molecule has 1 heterocycles. The highest BCUT2D eigenvalue weighted by Gasteiger charge is 2.32. The van der Waals surface area contributed by atoms with E-state index in [4.69, 9.17) is 9.84 Å². The Morgan fingerprint density at radius 3 is 2.53 bits per heavy atom. The monoisotopic (exact) mass is 244 g/mol. The van der Waals surface area contributed by atoms with Gasteiger partial charge in [-0.25, -0.2) is 9.59 Å². The number of rotatable bonds is 3. The fourth-order valence-electron chi connectivity index (χ4n) is 1.76. The molecule has 0 aliphatic carbocycles. The SMILES string of the molecule is CC(C)(C)OC(=O)NC(C(=O)O)C1CCCN1. The minimum Gasteiger partial charge on any atom is -0.480 e. The molecule has 1 amide bonds. The Morgan fingerprint density at radius 1 is 1.47 bits per heavy atom. The van der Waals surface area contributed by atoms with Crippen LogP contribution in [0.3, 0.4) is 0 Å². The number of carbonyl (C=O) groups excluding carboxylic acids is 1. The quantitative estimate of drug-likeness (QED) is 0.680. The maximum atomic E-state index is 11.5. The molecule has 0 aromatic heterocycles. The Kier molecular flexibility index (Phi) is 4.34. The molecule has 0 bridgehead atoms. The fourth-order valence-corrected chi connectivity index (χ4v) is 1.76. The van der Waals surface area contributed by atoms with Crippen LogP contribution in [0.15, 0.2) is 0 Å². The summed E-state index contributed by atoms with van der Waals surface area (Å²) >= 11 is 0. The molecule has 1 fully saturated rings. The van der Waals surface area contributed by atoms with E-state index in [1.165, 1.54) is 0 Å². The van der Waals surface area contributed by atoms with Gasteiger partial charge in [0.2, 0.25) is 0 Å². The first-order chi connectivity index (χ1) is 7.79. The van der Waals surface area contributed by atoms with Gasteiger partial charge in [0, 0.05) is 6.04 Å². The topological polar surface area (TPSA) is 87.7 Å². The summed E-state index contributed by atoms with van der Waals surface area (Å²) in [6.07, 6.45) is 0.968. The average Bonchev–Trinajstić information content (AvgIpc) is 2.63. The highest BCUT2D eigenvalue weighted by molar-refractivity contribution is 5.80. The molecule has 1 aliphatic rings. The second-order valence-electron chi connectivity index (χ2n) is 5.16. The van der Waals surface area contributed by atoms with E-state index in [0.717, 1.165) is 19.4 Å². The fraction of sp³-hybridized carbons (Fsp3) is 0.818. The Hall–Kier alpha value is -1.30. The molecule has 1 rings (SSSR count). The Balaban J connectivity index is 2.55. The van der Waals surface area contributed by atoms with E-state index in [-0.39, 0.29) is 6.04 Å². The van der Waals surface area contributed by atoms with Crippen LogP contribution in [0.25, 0.3) is 0 Å². The van der Waals surface area contributed by atoms with Crippen LogP contribution in [-0.2, 0) is 9.53 Å². The molecule has 1 aliphatic heterocycles. The molecule has 0 saturated carbocycles. The lowest BCUT2D eigenvalue weighted by atomic mass is 10.1. The Labute approximate surface area is 101 Å². The molecule has 2 unspecified atom stereocenters. The molecule has 0 radical (unpaired) electrons. The minimum absolute atomic E-state index is 0.222. The third-order valence-corrected chi connectivity index (χ3v) is 2.44. The summed E-state index contributed by atoms with van der Waals surface area (Å²) in [5.74, 6) is -1.05. The third kappa shape index (κ3) is 4.60. The van der Waals surface area contributed by atoms with E-state index in [0.29, 0.717) is 0 Å². The molecule has 6 nitrogen and oxygen atoms in total.